The fraction of sp³-hybridized carbons (Fsp3) is 0.263. The smallest absolute Gasteiger partial charge is 0.284 e. The standard InChI is InChI=1S/C19H18ClN5O3/c1-23-10-15(9-21-23)25-19(28)16(18(27)24-7-6-14(24)11-26)8-17(22-25)12-2-4-13(20)5-3-12/h2-5,8-10,14,26H,6-7,11H2,1H3/t14-/m0/s1. The molecular weight excluding hydrogens is 382 g/mol. The number of nitrogens with zero attached hydrogens (tertiary/aromatic N) is 5. The summed E-state index contributed by atoms with van der Waals surface area (Å²) in [5.74, 6) is -0.412. The van der Waals surface area contributed by atoms with Crippen LogP contribution in [0.25, 0.3) is 16.9 Å². The molecule has 0 unspecified atom stereocenters. The Morgan fingerprint density at radius 3 is 2.64 bits per heavy atom. The first-order valence-corrected chi connectivity index (χ1v) is 9.17. The van der Waals surface area contributed by atoms with E-state index in [4.69, 9.17) is 11.6 Å². The number of aliphatic hydroxyl groups is 1. The third kappa shape index (κ3) is 3.21. The van der Waals surface area contributed by atoms with E-state index in [-0.39, 0.29) is 18.2 Å². The molecule has 1 fully saturated rings. The van der Waals surface area contributed by atoms with Gasteiger partial charge in [-0.3, -0.25) is 14.3 Å². The van der Waals surface area contributed by atoms with Gasteiger partial charge in [0.05, 0.1) is 30.7 Å². The summed E-state index contributed by atoms with van der Waals surface area (Å²) >= 11 is 5.96. The van der Waals surface area contributed by atoms with Gasteiger partial charge < -0.3 is 10.0 Å². The van der Waals surface area contributed by atoms with Crippen LogP contribution in [0.5, 0.6) is 0 Å². The first-order chi connectivity index (χ1) is 13.5. The number of hydrogen-bond donors (Lipinski definition) is 1. The Hall–Kier alpha value is -2.97. The summed E-state index contributed by atoms with van der Waals surface area (Å²) in [6.07, 6.45) is 3.87. The Kier molecular flexibility index (Phi) is 4.74. The molecule has 1 aliphatic heterocycles. The number of hydrogen-bond acceptors (Lipinski definition) is 5. The van der Waals surface area contributed by atoms with Gasteiger partial charge in [0, 0.05) is 24.2 Å². The highest BCUT2D eigenvalue weighted by molar-refractivity contribution is 6.30. The monoisotopic (exact) mass is 399 g/mol. The first kappa shape index (κ1) is 18.4. The van der Waals surface area contributed by atoms with E-state index >= 15 is 0 Å². The molecule has 3 heterocycles. The Balaban J connectivity index is 1.87. The van der Waals surface area contributed by atoms with Gasteiger partial charge in [-0.05, 0) is 24.6 Å². The Morgan fingerprint density at radius 1 is 1.32 bits per heavy atom. The predicted molar refractivity (Wildman–Crippen MR) is 104 cm³/mol. The number of amides is 1. The van der Waals surface area contributed by atoms with Crippen molar-refractivity contribution in [1.29, 1.82) is 0 Å². The van der Waals surface area contributed by atoms with Gasteiger partial charge in [-0.1, -0.05) is 23.7 Å². The predicted octanol–water partition coefficient (Wildman–Crippen LogP) is 1.49. The molecule has 1 N–H and O–H groups in total. The van der Waals surface area contributed by atoms with Gasteiger partial charge >= 0.3 is 0 Å². The molecule has 1 amide bonds. The second-order valence-corrected chi connectivity index (χ2v) is 7.10. The van der Waals surface area contributed by atoms with Gasteiger partial charge in [0.25, 0.3) is 11.5 Å². The summed E-state index contributed by atoms with van der Waals surface area (Å²) in [6, 6.07) is 8.22. The second-order valence-electron chi connectivity index (χ2n) is 6.66. The molecule has 4 rings (SSSR count). The van der Waals surface area contributed by atoms with Crippen LogP contribution in [0.1, 0.15) is 16.8 Å². The van der Waals surface area contributed by atoms with Gasteiger partial charge in [-0.25, -0.2) is 0 Å². The van der Waals surface area contributed by atoms with Crippen LogP contribution in [0.15, 0.2) is 47.5 Å². The van der Waals surface area contributed by atoms with Crippen molar-refractivity contribution in [2.24, 2.45) is 7.05 Å². The summed E-state index contributed by atoms with van der Waals surface area (Å²) in [6.45, 7) is 0.382. The number of rotatable bonds is 4. The molecule has 3 aromatic rings. The minimum atomic E-state index is -0.528. The molecule has 1 atom stereocenters. The fourth-order valence-corrected chi connectivity index (χ4v) is 3.28. The van der Waals surface area contributed by atoms with Gasteiger partial charge in [-0.2, -0.15) is 14.9 Å². The zero-order chi connectivity index (χ0) is 19.8. The number of likely N-dealkylation sites (tertiary alicyclic amines) is 1. The van der Waals surface area contributed by atoms with E-state index < -0.39 is 11.5 Å². The Morgan fingerprint density at radius 2 is 2.07 bits per heavy atom. The zero-order valence-corrected chi connectivity index (χ0v) is 15.9. The van der Waals surface area contributed by atoms with E-state index in [2.05, 4.69) is 10.2 Å². The van der Waals surface area contributed by atoms with Crippen LogP contribution in [0, 0.1) is 0 Å². The summed E-state index contributed by atoms with van der Waals surface area (Å²) < 4.78 is 2.73. The lowest BCUT2D eigenvalue weighted by Crippen LogP contribution is -2.54. The van der Waals surface area contributed by atoms with Crippen LogP contribution in [0.4, 0.5) is 0 Å². The number of carbonyl (C=O) groups excluding carboxylic acids is 1. The van der Waals surface area contributed by atoms with Crippen LogP contribution < -0.4 is 5.56 Å². The SMILES string of the molecule is Cn1cc(-n2nc(-c3ccc(Cl)cc3)cc(C(=O)N3CC[C@H]3CO)c2=O)cn1. The first-order valence-electron chi connectivity index (χ1n) is 8.79. The van der Waals surface area contributed by atoms with Crippen LogP contribution >= 0.6 is 11.6 Å². The molecule has 0 bridgehead atoms. The van der Waals surface area contributed by atoms with Crippen molar-refractivity contribution < 1.29 is 9.90 Å². The van der Waals surface area contributed by atoms with E-state index in [1.54, 1.807) is 42.2 Å². The quantitative estimate of drug-likeness (QED) is 0.717. The molecule has 9 heteroatoms. The van der Waals surface area contributed by atoms with Crippen molar-refractivity contribution >= 4 is 17.5 Å². The van der Waals surface area contributed by atoms with Crippen molar-refractivity contribution in [1.82, 2.24) is 24.5 Å². The molecule has 144 valence electrons. The van der Waals surface area contributed by atoms with Crippen molar-refractivity contribution in [2.75, 3.05) is 13.2 Å². The molecule has 0 aliphatic carbocycles. The maximum Gasteiger partial charge on any atom is 0.284 e. The van der Waals surface area contributed by atoms with Gasteiger partial charge in [0.1, 0.15) is 11.3 Å². The van der Waals surface area contributed by atoms with Crippen LogP contribution in [-0.4, -0.2) is 54.7 Å². The average molecular weight is 400 g/mol. The lowest BCUT2D eigenvalue weighted by molar-refractivity contribution is 0.0293. The molecule has 2 aromatic heterocycles. The highest BCUT2D eigenvalue weighted by Crippen LogP contribution is 2.23. The minimum absolute atomic E-state index is 0.00181. The maximum atomic E-state index is 13.0. The van der Waals surface area contributed by atoms with Crippen molar-refractivity contribution in [3.63, 3.8) is 0 Å². The normalized spacial score (nSPS) is 16.1. The number of aryl methyl sites for hydroxylation is 1. The van der Waals surface area contributed by atoms with E-state index in [1.807, 2.05) is 0 Å². The third-order valence-corrected chi connectivity index (χ3v) is 5.09. The molecule has 0 saturated carbocycles. The summed E-state index contributed by atoms with van der Waals surface area (Å²) in [7, 11) is 1.73. The molecular formula is C19H18ClN5O3. The molecule has 1 aliphatic rings. The number of aliphatic hydroxyl groups excluding tert-OH is 1. The lowest BCUT2D eigenvalue weighted by atomic mass is 10.0. The second kappa shape index (κ2) is 7.21. The van der Waals surface area contributed by atoms with Crippen LogP contribution in [0.3, 0.4) is 0 Å². The highest BCUT2D eigenvalue weighted by atomic mass is 35.5. The molecule has 1 aromatic carbocycles. The van der Waals surface area contributed by atoms with E-state index in [0.29, 0.717) is 29.4 Å². The summed E-state index contributed by atoms with van der Waals surface area (Å²) in [5, 5.41) is 18.5. The molecule has 0 spiro atoms. The largest absolute Gasteiger partial charge is 0.394 e. The molecule has 0 radical (unpaired) electrons. The molecule has 1 saturated heterocycles. The molecule has 8 nitrogen and oxygen atoms in total. The van der Waals surface area contributed by atoms with E-state index in [1.165, 1.54) is 21.8 Å². The average Bonchev–Trinajstić information content (AvgIpc) is 3.08. The number of carbonyl (C=O) groups is 1. The molecule has 28 heavy (non-hydrogen) atoms. The van der Waals surface area contributed by atoms with Crippen LogP contribution in [-0.2, 0) is 7.05 Å². The van der Waals surface area contributed by atoms with Crippen molar-refractivity contribution in [3.05, 3.63) is 63.7 Å². The van der Waals surface area contributed by atoms with E-state index in [0.717, 1.165) is 5.56 Å². The zero-order valence-electron chi connectivity index (χ0n) is 15.1. The number of benzene rings is 1. The van der Waals surface area contributed by atoms with Crippen molar-refractivity contribution in [2.45, 2.75) is 12.5 Å². The maximum absolute atomic E-state index is 13.0. The minimum Gasteiger partial charge on any atom is -0.394 e. The van der Waals surface area contributed by atoms with Gasteiger partial charge in [0.15, 0.2) is 0 Å². The topological polar surface area (TPSA) is 93.3 Å². The Bertz CT molecular complexity index is 1090. The fourth-order valence-electron chi connectivity index (χ4n) is 3.15. The summed E-state index contributed by atoms with van der Waals surface area (Å²) in [5.41, 5.74) is 1.11. The van der Waals surface area contributed by atoms with E-state index in [9.17, 15) is 14.7 Å². The van der Waals surface area contributed by atoms with Crippen LogP contribution in [0.2, 0.25) is 5.02 Å². The number of aromatic nitrogens is 4. The van der Waals surface area contributed by atoms with Gasteiger partial charge in [-0.15, -0.1) is 0 Å². The van der Waals surface area contributed by atoms with Crippen molar-refractivity contribution in [3.8, 4) is 16.9 Å². The number of halogens is 1. The Labute approximate surface area is 165 Å². The highest BCUT2D eigenvalue weighted by Gasteiger charge is 2.34. The third-order valence-electron chi connectivity index (χ3n) is 4.83. The summed E-state index contributed by atoms with van der Waals surface area (Å²) in [4.78, 5) is 27.5. The lowest BCUT2D eigenvalue weighted by Gasteiger charge is -2.39. The van der Waals surface area contributed by atoms with Gasteiger partial charge in [0.2, 0.25) is 0 Å².